The quantitative estimate of drug-likeness (QED) is 0.946. The molecule has 6 heteroatoms. The largest absolute Gasteiger partial charge is 0.309 e. The number of aromatic nitrogens is 3. The maximum atomic E-state index is 13.3. The number of nitrogens with one attached hydrogen (secondary N) is 1. The van der Waals surface area contributed by atoms with Gasteiger partial charge in [-0.2, -0.15) is 0 Å². The highest BCUT2D eigenvalue weighted by molar-refractivity contribution is 6.30. The summed E-state index contributed by atoms with van der Waals surface area (Å²) in [7, 11) is 0. The van der Waals surface area contributed by atoms with Crippen molar-refractivity contribution in [2.45, 2.75) is 32.1 Å². The van der Waals surface area contributed by atoms with Crippen LogP contribution in [0.1, 0.15) is 29.7 Å². The second-order valence-electron chi connectivity index (χ2n) is 5.11. The van der Waals surface area contributed by atoms with E-state index in [1.54, 1.807) is 0 Å². The minimum absolute atomic E-state index is 0.0569. The molecule has 2 atom stereocenters. The highest BCUT2D eigenvalue weighted by atomic mass is 35.5. The third-order valence-electron chi connectivity index (χ3n) is 3.61. The Morgan fingerprint density at radius 2 is 2.10 bits per heavy atom. The molecular weight excluding hydrogens is 279 g/mol. The van der Waals surface area contributed by atoms with Crippen molar-refractivity contribution in [3.8, 4) is 0 Å². The van der Waals surface area contributed by atoms with Crippen LogP contribution in [0.3, 0.4) is 0 Å². The third kappa shape index (κ3) is 2.69. The summed E-state index contributed by atoms with van der Waals surface area (Å²) in [5.74, 6) is 1.64. The van der Waals surface area contributed by atoms with Crippen LogP contribution in [0.15, 0.2) is 24.3 Å². The van der Waals surface area contributed by atoms with Gasteiger partial charge < -0.3 is 9.88 Å². The van der Waals surface area contributed by atoms with E-state index in [9.17, 15) is 4.39 Å². The van der Waals surface area contributed by atoms with Crippen molar-refractivity contribution < 1.29 is 4.39 Å². The first-order valence-corrected chi connectivity index (χ1v) is 7.03. The minimum Gasteiger partial charge on any atom is -0.309 e. The van der Waals surface area contributed by atoms with Gasteiger partial charge in [0.05, 0.1) is 12.6 Å². The van der Waals surface area contributed by atoms with E-state index in [2.05, 4.69) is 15.5 Å². The minimum atomic E-state index is -0.805. The van der Waals surface area contributed by atoms with E-state index in [0.29, 0.717) is 24.5 Å². The van der Waals surface area contributed by atoms with Gasteiger partial charge >= 0.3 is 0 Å². The van der Waals surface area contributed by atoms with Gasteiger partial charge in [0.1, 0.15) is 12.0 Å². The third-order valence-corrected chi connectivity index (χ3v) is 3.86. The maximum absolute atomic E-state index is 13.3. The molecule has 2 heterocycles. The fraction of sp³-hybridized carbons (Fsp3) is 0.429. The molecule has 1 aliphatic rings. The standard InChI is InChI=1S/C14H16ClFN4/c1-9-18-19-14(13-6-12(16)7-17-13)20(9)8-10-2-4-11(15)5-3-10/h2-5,12-13,17H,6-8H2,1H3/t12?,13-/m1/s1. The fourth-order valence-electron chi connectivity index (χ4n) is 2.51. The van der Waals surface area contributed by atoms with E-state index in [0.717, 1.165) is 17.2 Å². The number of hydrogen-bond donors (Lipinski definition) is 1. The monoisotopic (exact) mass is 294 g/mol. The van der Waals surface area contributed by atoms with E-state index < -0.39 is 6.17 Å². The summed E-state index contributed by atoms with van der Waals surface area (Å²) >= 11 is 5.89. The number of halogens is 2. The van der Waals surface area contributed by atoms with Crippen LogP contribution >= 0.6 is 11.6 Å². The van der Waals surface area contributed by atoms with Gasteiger partial charge in [0.2, 0.25) is 0 Å². The molecule has 3 rings (SSSR count). The molecule has 0 spiro atoms. The second-order valence-corrected chi connectivity index (χ2v) is 5.55. The number of alkyl halides is 1. The summed E-state index contributed by atoms with van der Waals surface area (Å²) in [5.41, 5.74) is 1.12. The van der Waals surface area contributed by atoms with E-state index in [-0.39, 0.29) is 6.04 Å². The Balaban J connectivity index is 1.85. The first-order chi connectivity index (χ1) is 9.63. The van der Waals surface area contributed by atoms with Gasteiger partial charge in [-0.15, -0.1) is 10.2 Å². The number of rotatable bonds is 3. The van der Waals surface area contributed by atoms with Crippen LogP contribution in [0.25, 0.3) is 0 Å². The first kappa shape index (κ1) is 13.5. The molecule has 0 saturated carbocycles. The van der Waals surface area contributed by atoms with Gasteiger partial charge in [-0.25, -0.2) is 4.39 Å². The molecule has 20 heavy (non-hydrogen) atoms. The molecule has 4 nitrogen and oxygen atoms in total. The molecule has 1 fully saturated rings. The van der Waals surface area contributed by atoms with Crippen LogP contribution in [0, 0.1) is 6.92 Å². The zero-order valence-electron chi connectivity index (χ0n) is 11.2. The lowest BCUT2D eigenvalue weighted by atomic mass is 10.2. The first-order valence-electron chi connectivity index (χ1n) is 6.65. The van der Waals surface area contributed by atoms with Crippen molar-refractivity contribution in [3.05, 3.63) is 46.5 Å². The lowest BCUT2D eigenvalue weighted by Gasteiger charge is -2.13. The Morgan fingerprint density at radius 3 is 2.75 bits per heavy atom. The SMILES string of the molecule is Cc1nnc([C@H]2CC(F)CN2)n1Cc1ccc(Cl)cc1. The summed E-state index contributed by atoms with van der Waals surface area (Å²) in [4.78, 5) is 0. The van der Waals surface area contributed by atoms with Gasteiger partial charge in [0.15, 0.2) is 5.82 Å². The zero-order chi connectivity index (χ0) is 14.1. The lowest BCUT2D eigenvalue weighted by Crippen LogP contribution is -2.19. The Bertz CT molecular complexity index is 596. The van der Waals surface area contributed by atoms with Crippen molar-refractivity contribution in [1.82, 2.24) is 20.1 Å². The molecule has 1 aliphatic heterocycles. The molecule has 0 aliphatic carbocycles. The Hall–Kier alpha value is -1.46. The van der Waals surface area contributed by atoms with E-state index >= 15 is 0 Å². The van der Waals surface area contributed by atoms with Gasteiger partial charge in [0, 0.05) is 18.0 Å². The number of hydrogen-bond acceptors (Lipinski definition) is 3. The van der Waals surface area contributed by atoms with E-state index in [4.69, 9.17) is 11.6 Å². The molecule has 0 bridgehead atoms. The highest BCUT2D eigenvalue weighted by Gasteiger charge is 2.29. The Morgan fingerprint density at radius 1 is 1.35 bits per heavy atom. The smallest absolute Gasteiger partial charge is 0.150 e. The number of benzene rings is 1. The van der Waals surface area contributed by atoms with Crippen molar-refractivity contribution in [1.29, 1.82) is 0 Å². The van der Waals surface area contributed by atoms with Crippen molar-refractivity contribution in [2.75, 3.05) is 6.54 Å². The Labute approximate surface area is 122 Å². The predicted molar refractivity (Wildman–Crippen MR) is 75.6 cm³/mol. The highest BCUT2D eigenvalue weighted by Crippen LogP contribution is 2.25. The van der Waals surface area contributed by atoms with E-state index in [1.807, 2.05) is 35.8 Å². The molecule has 1 saturated heterocycles. The molecule has 1 aromatic carbocycles. The van der Waals surface area contributed by atoms with Crippen LogP contribution in [0.4, 0.5) is 4.39 Å². The van der Waals surface area contributed by atoms with Crippen LogP contribution in [0.5, 0.6) is 0 Å². The van der Waals surface area contributed by atoms with Gasteiger partial charge in [0.25, 0.3) is 0 Å². The van der Waals surface area contributed by atoms with Crippen molar-refractivity contribution in [3.63, 3.8) is 0 Å². The Kier molecular flexibility index (Phi) is 3.72. The molecular formula is C14H16ClFN4. The molecule has 1 aromatic heterocycles. The topological polar surface area (TPSA) is 42.7 Å². The summed E-state index contributed by atoms with van der Waals surface area (Å²) in [6.45, 7) is 2.96. The number of aryl methyl sites for hydroxylation is 1. The van der Waals surface area contributed by atoms with Gasteiger partial charge in [-0.3, -0.25) is 0 Å². The van der Waals surface area contributed by atoms with Crippen molar-refractivity contribution >= 4 is 11.6 Å². The van der Waals surface area contributed by atoms with Crippen LogP contribution < -0.4 is 5.32 Å². The van der Waals surface area contributed by atoms with Crippen molar-refractivity contribution in [2.24, 2.45) is 0 Å². The summed E-state index contributed by atoms with van der Waals surface area (Å²) in [6, 6.07) is 7.62. The second kappa shape index (κ2) is 5.50. The average molecular weight is 295 g/mol. The average Bonchev–Trinajstić information content (AvgIpc) is 3.00. The fourth-order valence-corrected chi connectivity index (χ4v) is 2.64. The molecule has 0 amide bonds. The normalized spacial score (nSPS) is 22.4. The van der Waals surface area contributed by atoms with Crippen LogP contribution in [-0.2, 0) is 6.54 Å². The van der Waals surface area contributed by atoms with E-state index in [1.165, 1.54) is 0 Å². The summed E-state index contributed by atoms with van der Waals surface area (Å²) in [5, 5.41) is 12.2. The molecule has 106 valence electrons. The van der Waals surface area contributed by atoms with Crippen LogP contribution in [-0.4, -0.2) is 27.5 Å². The molecule has 1 N–H and O–H groups in total. The predicted octanol–water partition coefficient (Wildman–Crippen LogP) is 2.66. The maximum Gasteiger partial charge on any atom is 0.150 e. The molecule has 2 aromatic rings. The lowest BCUT2D eigenvalue weighted by molar-refractivity contribution is 0.354. The van der Waals surface area contributed by atoms with Gasteiger partial charge in [-0.1, -0.05) is 23.7 Å². The van der Waals surface area contributed by atoms with Gasteiger partial charge in [-0.05, 0) is 24.6 Å². The zero-order valence-corrected chi connectivity index (χ0v) is 11.9. The molecule has 1 unspecified atom stereocenters. The molecule has 0 radical (unpaired) electrons. The summed E-state index contributed by atoms with van der Waals surface area (Å²) in [6.07, 6.45) is -0.348. The summed E-state index contributed by atoms with van der Waals surface area (Å²) < 4.78 is 15.4. The number of nitrogens with zero attached hydrogens (tertiary/aromatic N) is 3. The van der Waals surface area contributed by atoms with Crippen LogP contribution in [0.2, 0.25) is 5.02 Å².